The fourth-order valence-electron chi connectivity index (χ4n) is 1.05. The molecule has 1 rings (SSSR count). The van der Waals surface area contributed by atoms with Crippen molar-refractivity contribution in [3.8, 4) is 0 Å². The van der Waals surface area contributed by atoms with Crippen LogP contribution in [-0.4, -0.2) is 12.1 Å². The summed E-state index contributed by atoms with van der Waals surface area (Å²) in [6.07, 6.45) is 0.577. The van der Waals surface area contributed by atoms with Crippen LogP contribution in [0.5, 0.6) is 0 Å². The van der Waals surface area contributed by atoms with Crippen LogP contribution in [0.2, 0.25) is 0 Å². The molecule has 3 heteroatoms. The van der Waals surface area contributed by atoms with Crippen LogP contribution in [0.15, 0.2) is 11.1 Å². The summed E-state index contributed by atoms with van der Waals surface area (Å²) in [6, 6.07) is 0. The number of hydrogen-bond acceptors (Lipinski definition) is 2. The minimum Gasteiger partial charge on any atom is -0.457 e. The average Bonchev–Trinajstić information content (AvgIpc) is 2.08. The van der Waals surface area contributed by atoms with Crippen molar-refractivity contribution in [3.05, 3.63) is 11.1 Å². The van der Waals surface area contributed by atoms with E-state index < -0.39 is 0 Å². The highest BCUT2D eigenvalue weighted by molar-refractivity contribution is 9.11. The van der Waals surface area contributed by atoms with Crippen molar-refractivity contribution in [2.75, 3.05) is 0 Å². The smallest absolute Gasteiger partial charge is 0.312 e. The number of cyclic esters (lactones) is 1. The molecule has 0 amide bonds. The molecule has 2 nitrogen and oxygen atoms in total. The summed E-state index contributed by atoms with van der Waals surface area (Å²) in [6.45, 7) is 7.44. The molecule has 0 aromatic heterocycles. The van der Waals surface area contributed by atoms with Gasteiger partial charge in [0.2, 0.25) is 0 Å². The van der Waals surface area contributed by atoms with Gasteiger partial charge >= 0.3 is 5.97 Å². The molecule has 1 saturated heterocycles. The third-order valence-corrected chi connectivity index (χ3v) is 2.36. The van der Waals surface area contributed by atoms with Crippen molar-refractivity contribution in [2.24, 2.45) is 5.41 Å². The Bertz CT molecular complexity index is 208. The summed E-state index contributed by atoms with van der Waals surface area (Å²) in [5.74, 6) is -0.136. The molecule has 0 aromatic carbocycles. The maximum absolute atomic E-state index is 11.1. The lowest BCUT2D eigenvalue weighted by molar-refractivity contribution is -0.146. The molecule has 1 aliphatic heterocycles. The molecule has 1 heterocycles. The van der Waals surface area contributed by atoms with Crippen molar-refractivity contribution in [1.82, 2.24) is 0 Å². The van der Waals surface area contributed by atoms with Gasteiger partial charge in [-0.1, -0.05) is 22.5 Å². The molecule has 0 spiro atoms. The Morgan fingerprint density at radius 2 is 2.36 bits per heavy atom. The van der Waals surface area contributed by atoms with Crippen LogP contribution in [0.4, 0.5) is 0 Å². The largest absolute Gasteiger partial charge is 0.457 e. The van der Waals surface area contributed by atoms with Crippen LogP contribution in [0.3, 0.4) is 0 Å². The molecule has 0 aliphatic carbocycles. The summed E-state index contributed by atoms with van der Waals surface area (Å²) < 4.78 is 5.80. The number of ether oxygens (including phenoxy) is 1. The van der Waals surface area contributed by atoms with Gasteiger partial charge in [0.25, 0.3) is 0 Å². The fourth-order valence-corrected chi connectivity index (χ4v) is 1.31. The van der Waals surface area contributed by atoms with Gasteiger partial charge in [0.1, 0.15) is 6.10 Å². The number of hydrogen-bond donors (Lipinski definition) is 0. The molecule has 0 aromatic rings. The summed E-state index contributed by atoms with van der Waals surface area (Å²) in [7, 11) is 0. The lowest BCUT2D eigenvalue weighted by atomic mass is 9.90. The SMILES string of the molecule is C=C(Br)[C@H]1CC(C)(C)C(=O)O1. The monoisotopic (exact) mass is 218 g/mol. The molecule has 11 heavy (non-hydrogen) atoms. The summed E-state index contributed by atoms with van der Waals surface area (Å²) in [5.41, 5.74) is -0.346. The Labute approximate surface area is 74.7 Å². The lowest BCUT2D eigenvalue weighted by Gasteiger charge is -2.09. The number of carbonyl (C=O) groups is 1. The van der Waals surface area contributed by atoms with Crippen molar-refractivity contribution in [2.45, 2.75) is 26.4 Å². The fraction of sp³-hybridized carbons (Fsp3) is 0.625. The van der Waals surface area contributed by atoms with Crippen LogP contribution in [0.25, 0.3) is 0 Å². The standard InChI is InChI=1S/C8H11BrO2/c1-5(9)6-4-8(2,3)7(10)11-6/h6H,1,4H2,2-3H3/t6-/m1/s1. The molecule has 1 fully saturated rings. The van der Waals surface area contributed by atoms with E-state index in [9.17, 15) is 4.79 Å². The normalized spacial score (nSPS) is 28.3. The van der Waals surface area contributed by atoms with E-state index in [1.54, 1.807) is 0 Å². The molecular weight excluding hydrogens is 208 g/mol. The third kappa shape index (κ3) is 1.64. The van der Waals surface area contributed by atoms with Crippen LogP contribution in [0.1, 0.15) is 20.3 Å². The van der Waals surface area contributed by atoms with Crippen molar-refractivity contribution in [1.29, 1.82) is 0 Å². The van der Waals surface area contributed by atoms with Crippen LogP contribution < -0.4 is 0 Å². The third-order valence-electron chi connectivity index (χ3n) is 1.85. The minimum atomic E-state index is -0.346. The van der Waals surface area contributed by atoms with Gasteiger partial charge in [0.05, 0.1) is 5.41 Å². The highest BCUT2D eigenvalue weighted by Crippen LogP contribution is 2.36. The molecule has 0 N–H and O–H groups in total. The van der Waals surface area contributed by atoms with Gasteiger partial charge in [0, 0.05) is 10.9 Å². The zero-order valence-corrected chi connectivity index (χ0v) is 8.27. The number of esters is 1. The molecule has 1 atom stereocenters. The van der Waals surface area contributed by atoms with Gasteiger partial charge in [-0.05, 0) is 13.8 Å². The first kappa shape index (κ1) is 8.78. The first-order valence-electron chi connectivity index (χ1n) is 3.49. The first-order chi connectivity index (χ1) is 4.93. The van der Waals surface area contributed by atoms with Gasteiger partial charge in [-0.25, -0.2) is 0 Å². The Morgan fingerprint density at radius 1 is 1.82 bits per heavy atom. The van der Waals surface area contributed by atoms with E-state index in [-0.39, 0.29) is 17.5 Å². The molecule has 62 valence electrons. The highest BCUT2D eigenvalue weighted by atomic mass is 79.9. The zero-order valence-electron chi connectivity index (χ0n) is 6.69. The molecule has 0 radical (unpaired) electrons. The van der Waals surface area contributed by atoms with Gasteiger partial charge in [-0.15, -0.1) is 0 Å². The maximum Gasteiger partial charge on any atom is 0.312 e. The second-order valence-corrected chi connectivity index (χ2v) is 4.45. The Balaban J connectivity index is 2.72. The van der Waals surface area contributed by atoms with Gasteiger partial charge in [0.15, 0.2) is 0 Å². The predicted octanol–water partition coefficient (Wildman–Crippen LogP) is 2.24. The summed E-state index contributed by atoms with van der Waals surface area (Å²) in [5, 5.41) is 0. The minimum absolute atomic E-state index is 0.136. The van der Waals surface area contributed by atoms with Gasteiger partial charge in [-0.2, -0.15) is 0 Å². The maximum atomic E-state index is 11.1. The van der Waals surface area contributed by atoms with Crippen molar-refractivity contribution < 1.29 is 9.53 Å². The zero-order chi connectivity index (χ0) is 8.65. The number of carbonyl (C=O) groups excluding carboxylic acids is 1. The van der Waals surface area contributed by atoms with Crippen molar-refractivity contribution in [3.63, 3.8) is 0 Å². The van der Waals surface area contributed by atoms with E-state index in [1.807, 2.05) is 13.8 Å². The molecule has 0 saturated carbocycles. The molecule has 0 bridgehead atoms. The summed E-state index contributed by atoms with van der Waals surface area (Å²) in [4.78, 5) is 11.1. The molecular formula is C8H11BrO2. The van der Waals surface area contributed by atoms with Crippen LogP contribution in [-0.2, 0) is 9.53 Å². The van der Waals surface area contributed by atoms with Crippen LogP contribution in [0, 0.1) is 5.41 Å². The summed E-state index contributed by atoms with van der Waals surface area (Å²) >= 11 is 3.21. The van der Waals surface area contributed by atoms with Gasteiger partial charge < -0.3 is 4.74 Å². The molecule has 1 aliphatic rings. The van der Waals surface area contributed by atoms with E-state index in [2.05, 4.69) is 22.5 Å². The van der Waals surface area contributed by atoms with E-state index >= 15 is 0 Å². The topological polar surface area (TPSA) is 26.3 Å². The van der Waals surface area contributed by atoms with Crippen molar-refractivity contribution >= 4 is 21.9 Å². The van der Waals surface area contributed by atoms with E-state index in [0.717, 1.165) is 10.9 Å². The quantitative estimate of drug-likeness (QED) is 0.632. The second kappa shape index (κ2) is 2.63. The number of halogens is 1. The second-order valence-electron chi connectivity index (χ2n) is 3.43. The molecule has 0 unspecified atom stereocenters. The van der Waals surface area contributed by atoms with E-state index in [0.29, 0.717) is 0 Å². The lowest BCUT2D eigenvalue weighted by Crippen LogP contribution is -2.16. The average molecular weight is 219 g/mol. The predicted molar refractivity (Wildman–Crippen MR) is 46.3 cm³/mol. The Morgan fingerprint density at radius 3 is 2.55 bits per heavy atom. The van der Waals surface area contributed by atoms with Gasteiger partial charge in [-0.3, -0.25) is 4.79 Å². The van der Waals surface area contributed by atoms with E-state index in [1.165, 1.54) is 0 Å². The van der Waals surface area contributed by atoms with Crippen LogP contribution >= 0.6 is 15.9 Å². The van der Waals surface area contributed by atoms with E-state index in [4.69, 9.17) is 4.74 Å². The highest BCUT2D eigenvalue weighted by Gasteiger charge is 2.41. The Kier molecular flexibility index (Phi) is 2.10. The number of rotatable bonds is 1. The first-order valence-corrected chi connectivity index (χ1v) is 4.28. The Hall–Kier alpha value is -0.310.